The highest BCUT2D eigenvalue weighted by molar-refractivity contribution is 7.90. The molecule has 0 fully saturated rings. The van der Waals surface area contributed by atoms with Crippen LogP contribution in [0.3, 0.4) is 0 Å². The maximum atomic E-state index is 12.8. The molecule has 9 nitrogen and oxygen atoms in total. The first-order chi connectivity index (χ1) is 12.8. The van der Waals surface area contributed by atoms with Crippen molar-refractivity contribution in [2.75, 3.05) is 11.8 Å². The Morgan fingerprint density at radius 3 is 2.44 bits per heavy atom. The molecular formula is C17H16N6O3S. The van der Waals surface area contributed by atoms with E-state index >= 15 is 0 Å². The second-order valence-corrected chi connectivity index (χ2v) is 7.24. The first-order valence-electron chi connectivity index (χ1n) is 7.82. The number of aromatic amines is 1. The van der Waals surface area contributed by atoms with Crippen molar-refractivity contribution >= 4 is 21.6 Å². The predicted molar refractivity (Wildman–Crippen MR) is 102 cm³/mol. The normalized spacial score (nSPS) is 11.1. The largest absolute Gasteiger partial charge is 0.298 e. The number of pyridine rings is 1. The summed E-state index contributed by atoms with van der Waals surface area (Å²) in [5.74, 6) is 0.319. The summed E-state index contributed by atoms with van der Waals surface area (Å²) in [5, 5.41) is 2.97. The molecule has 3 aromatic rings. The van der Waals surface area contributed by atoms with Crippen molar-refractivity contribution in [1.29, 1.82) is 0 Å². The van der Waals surface area contributed by atoms with Crippen molar-refractivity contribution < 1.29 is 8.42 Å². The molecule has 0 bridgehead atoms. The number of benzene rings is 1. The second kappa shape index (κ2) is 7.06. The number of nitrogens with zero attached hydrogens (tertiary/aromatic N) is 3. The first-order valence-corrected chi connectivity index (χ1v) is 9.30. The number of nitrogens with one attached hydrogen (secondary N) is 3. The Balaban J connectivity index is 1.97. The van der Waals surface area contributed by atoms with E-state index < -0.39 is 10.2 Å². The zero-order chi connectivity index (χ0) is 19.6. The fraction of sp³-hybridized carbons (Fsp3) is 0.118. The van der Waals surface area contributed by atoms with E-state index in [0.717, 1.165) is 0 Å². The van der Waals surface area contributed by atoms with E-state index in [1.165, 1.54) is 30.1 Å². The van der Waals surface area contributed by atoms with Gasteiger partial charge in [-0.05, 0) is 24.6 Å². The van der Waals surface area contributed by atoms with E-state index in [-0.39, 0.29) is 11.2 Å². The molecule has 27 heavy (non-hydrogen) atoms. The summed E-state index contributed by atoms with van der Waals surface area (Å²) in [6, 6.07) is 9.77. The van der Waals surface area contributed by atoms with Crippen LogP contribution in [0.5, 0.6) is 0 Å². The molecule has 0 saturated heterocycles. The molecule has 0 aliphatic heterocycles. The summed E-state index contributed by atoms with van der Waals surface area (Å²) < 4.78 is 28.7. The Morgan fingerprint density at radius 2 is 1.89 bits per heavy atom. The molecule has 0 saturated carbocycles. The van der Waals surface area contributed by atoms with E-state index in [2.05, 4.69) is 24.4 Å². The van der Waals surface area contributed by atoms with E-state index in [1.807, 2.05) is 0 Å². The highest BCUT2D eigenvalue weighted by atomic mass is 32.2. The van der Waals surface area contributed by atoms with Gasteiger partial charge >= 0.3 is 0 Å². The molecule has 2 heterocycles. The van der Waals surface area contributed by atoms with Crippen LogP contribution in [0.15, 0.2) is 47.4 Å². The molecule has 0 aliphatic rings. The second-order valence-electron chi connectivity index (χ2n) is 5.63. The third kappa shape index (κ3) is 3.74. The fourth-order valence-electron chi connectivity index (χ4n) is 2.54. The van der Waals surface area contributed by atoms with Gasteiger partial charge in [0.05, 0.1) is 24.0 Å². The third-order valence-electron chi connectivity index (χ3n) is 3.85. The summed E-state index contributed by atoms with van der Waals surface area (Å²) in [6.45, 7) is 8.77. The minimum absolute atomic E-state index is 0.263. The molecule has 0 aliphatic carbocycles. The van der Waals surface area contributed by atoms with Crippen molar-refractivity contribution in [1.82, 2.24) is 19.5 Å². The molecule has 0 spiro atoms. The molecule has 3 rings (SSSR count). The predicted octanol–water partition coefficient (Wildman–Crippen LogP) is 1.96. The van der Waals surface area contributed by atoms with E-state index in [1.54, 1.807) is 31.2 Å². The third-order valence-corrected chi connectivity index (χ3v) is 4.90. The number of aryl methyl sites for hydroxylation is 1. The SMILES string of the molecule is [C-]#[N+]c1ccc(-c2c(C)[nH]n(-c3ccc(NS(=O)(=O)NC)cn3)c2=O)cc1. The van der Waals surface area contributed by atoms with Gasteiger partial charge in [0.15, 0.2) is 11.5 Å². The Labute approximate surface area is 155 Å². The number of hydrogen-bond acceptors (Lipinski definition) is 4. The summed E-state index contributed by atoms with van der Waals surface area (Å²) in [5.41, 5.74) is 2.29. The maximum absolute atomic E-state index is 12.8. The van der Waals surface area contributed by atoms with E-state index in [0.29, 0.717) is 28.3 Å². The van der Waals surface area contributed by atoms with Gasteiger partial charge < -0.3 is 0 Å². The van der Waals surface area contributed by atoms with Crippen molar-refractivity contribution in [2.24, 2.45) is 0 Å². The van der Waals surface area contributed by atoms with Crippen molar-refractivity contribution in [3.05, 3.63) is 70.1 Å². The highest BCUT2D eigenvalue weighted by Gasteiger charge is 2.15. The van der Waals surface area contributed by atoms with Gasteiger partial charge in [0.2, 0.25) is 0 Å². The molecule has 0 amide bonds. The Kier molecular flexibility index (Phi) is 4.81. The summed E-state index contributed by atoms with van der Waals surface area (Å²) in [7, 11) is -2.35. The van der Waals surface area contributed by atoms with Gasteiger partial charge in [0.1, 0.15) is 0 Å². The maximum Gasteiger partial charge on any atom is 0.298 e. The summed E-state index contributed by atoms with van der Waals surface area (Å²) >= 11 is 0. The average molecular weight is 384 g/mol. The number of H-pyrrole nitrogens is 1. The van der Waals surface area contributed by atoms with Crippen LogP contribution >= 0.6 is 0 Å². The molecule has 0 atom stereocenters. The van der Waals surface area contributed by atoms with E-state index in [4.69, 9.17) is 6.57 Å². The topological polar surface area (TPSA) is 113 Å². The van der Waals surface area contributed by atoms with Gasteiger partial charge in [-0.25, -0.2) is 19.2 Å². The lowest BCUT2D eigenvalue weighted by atomic mass is 10.1. The molecule has 0 unspecified atom stereocenters. The zero-order valence-electron chi connectivity index (χ0n) is 14.5. The average Bonchev–Trinajstić information content (AvgIpc) is 2.96. The van der Waals surface area contributed by atoms with Crippen LogP contribution in [-0.4, -0.2) is 30.2 Å². The van der Waals surface area contributed by atoms with Gasteiger partial charge in [0, 0.05) is 12.7 Å². The first kappa shape index (κ1) is 18.4. The van der Waals surface area contributed by atoms with Gasteiger partial charge in [-0.2, -0.15) is 8.42 Å². The molecular weight excluding hydrogens is 368 g/mol. The minimum Gasteiger partial charge on any atom is -0.293 e. The van der Waals surface area contributed by atoms with Crippen LogP contribution < -0.4 is 15.0 Å². The van der Waals surface area contributed by atoms with Crippen LogP contribution in [0.4, 0.5) is 11.4 Å². The quantitative estimate of drug-likeness (QED) is 0.584. The van der Waals surface area contributed by atoms with Crippen molar-refractivity contribution in [2.45, 2.75) is 6.92 Å². The van der Waals surface area contributed by atoms with Crippen LogP contribution in [-0.2, 0) is 10.2 Å². The number of rotatable bonds is 5. The van der Waals surface area contributed by atoms with Crippen LogP contribution in [0.1, 0.15) is 5.69 Å². The lowest BCUT2D eigenvalue weighted by molar-refractivity contribution is 0.593. The molecule has 1 aromatic carbocycles. The Bertz CT molecular complexity index is 1170. The molecule has 3 N–H and O–H groups in total. The monoisotopic (exact) mass is 384 g/mol. The molecule has 138 valence electrons. The Hall–Kier alpha value is -3.42. The lowest BCUT2D eigenvalue weighted by Gasteiger charge is -2.06. The number of anilines is 1. The standard InChI is InChI=1S/C17H16N6O3S/c1-11-16(12-4-6-13(18-2)7-5-12)17(24)23(21-11)15-9-8-14(10-20-15)22-27(25,26)19-3/h4-10,19,21-22H,1,3H3. The van der Waals surface area contributed by atoms with Gasteiger partial charge in [-0.1, -0.05) is 24.3 Å². The zero-order valence-corrected chi connectivity index (χ0v) is 15.3. The highest BCUT2D eigenvalue weighted by Crippen LogP contribution is 2.23. The van der Waals surface area contributed by atoms with Crippen LogP contribution in [0.25, 0.3) is 21.8 Å². The van der Waals surface area contributed by atoms with Crippen molar-refractivity contribution in [3.8, 4) is 16.9 Å². The van der Waals surface area contributed by atoms with Gasteiger partial charge in [-0.3, -0.25) is 14.6 Å². The number of aromatic nitrogens is 3. The molecule has 0 radical (unpaired) electrons. The van der Waals surface area contributed by atoms with Crippen molar-refractivity contribution in [3.63, 3.8) is 0 Å². The smallest absolute Gasteiger partial charge is 0.293 e. The van der Waals surface area contributed by atoms with E-state index in [9.17, 15) is 13.2 Å². The molecule has 10 heteroatoms. The fourth-order valence-corrected chi connectivity index (χ4v) is 3.07. The van der Waals surface area contributed by atoms with Gasteiger partial charge in [0.25, 0.3) is 15.8 Å². The summed E-state index contributed by atoms with van der Waals surface area (Å²) in [6.07, 6.45) is 1.32. The van der Waals surface area contributed by atoms with Crippen LogP contribution in [0.2, 0.25) is 0 Å². The molecule has 2 aromatic heterocycles. The van der Waals surface area contributed by atoms with Crippen LogP contribution in [0, 0.1) is 13.5 Å². The van der Waals surface area contributed by atoms with Gasteiger partial charge in [-0.15, -0.1) is 0 Å². The summed E-state index contributed by atoms with van der Waals surface area (Å²) in [4.78, 5) is 20.3. The Morgan fingerprint density at radius 1 is 1.19 bits per heavy atom. The lowest BCUT2D eigenvalue weighted by Crippen LogP contribution is -2.26. The number of hydrogen-bond donors (Lipinski definition) is 3. The minimum atomic E-state index is -3.64.